The molecule has 0 atom stereocenters. The van der Waals surface area contributed by atoms with Gasteiger partial charge in [0.2, 0.25) is 10.0 Å². The first-order valence-corrected chi connectivity index (χ1v) is 10.2. The molecule has 0 aliphatic carbocycles. The van der Waals surface area contributed by atoms with Gasteiger partial charge in [0.25, 0.3) is 5.91 Å². The van der Waals surface area contributed by atoms with Gasteiger partial charge >= 0.3 is 0 Å². The second-order valence-electron chi connectivity index (χ2n) is 5.65. The van der Waals surface area contributed by atoms with E-state index in [0.29, 0.717) is 27.8 Å². The highest BCUT2D eigenvalue weighted by atomic mass is 35.5. The zero-order chi connectivity index (χ0) is 20.7. The van der Waals surface area contributed by atoms with Crippen molar-refractivity contribution in [2.24, 2.45) is 5.10 Å². The van der Waals surface area contributed by atoms with Gasteiger partial charge in [-0.25, -0.2) is 13.8 Å². The summed E-state index contributed by atoms with van der Waals surface area (Å²) in [6.45, 7) is -0.437. The summed E-state index contributed by atoms with van der Waals surface area (Å²) in [4.78, 5) is 12.2. The lowest BCUT2D eigenvalue weighted by molar-refractivity contribution is -0.119. The molecule has 0 aliphatic rings. The first-order chi connectivity index (χ1) is 13.2. The second kappa shape index (κ2) is 9.43. The lowest BCUT2D eigenvalue weighted by Crippen LogP contribution is -2.39. The molecule has 0 radical (unpaired) electrons. The maximum absolute atomic E-state index is 12.2. The second-order valence-corrected chi connectivity index (χ2v) is 7.99. The fourth-order valence-corrected chi connectivity index (χ4v) is 3.27. The summed E-state index contributed by atoms with van der Waals surface area (Å²) in [5.41, 5.74) is 3.21. The third kappa shape index (κ3) is 5.86. The van der Waals surface area contributed by atoms with Gasteiger partial charge in [0.15, 0.2) is 0 Å². The predicted molar refractivity (Wildman–Crippen MR) is 109 cm³/mol. The first kappa shape index (κ1) is 21.5. The van der Waals surface area contributed by atoms with E-state index in [0.717, 1.165) is 10.6 Å². The number of nitrogens with zero attached hydrogens (tertiary/aromatic N) is 2. The van der Waals surface area contributed by atoms with E-state index in [4.69, 9.17) is 21.1 Å². The van der Waals surface area contributed by atoms with Crippen LogP contribution in [0.3, 0.4) is 0 Å². The number of nitrogens with one attached hydrogen (secondary N) is 1. The minimum Gasteiger partial charge on any atom is -0.497 e. The van der Waals surface area contributed by atoms with E-state index < -0.39 is 22.5 Å². The molecule has 2 aromatic rings. The van der Waals surface area contributed by atoms with Gasteiger partial charge in [-0.15, -0.1) is 0 Å². The molecule has 0 aromatic heterocycles. The number of hydrogen-bond donors (Lipinski definition) is 1. The maximum atomic E-state index is 12.2. The number of hydrogen-bond acceptors (Lipinski definition) is 6. The van der Waals surface area contributed by atoms with Gasteiger partial charge in [0.1, 0.15) is 18.0 Å². The molecule has 28 heavy (non-hydrogen) atoms. The number of carbonyl (C=O) groups is 1. The van der Waals surface area contributed by atoms with Crippen LogP contribution in [0.1, 0.15) is 5.56 Å². The molecular weight excluding hydrogens is 406 g/mol. The Morgan fingerprint density at radius 1 is 1.18 bits per heavy atom. The van der Waals surface area contributed by atoms with Gasteiger partial charge in [0.05, 0.1) is 32.4 Å². The number of halogens is 1. The van der Waals surface area contributed by atoms with Crippen molar-refractivity contribution in [1.29, 1.82) is 0 Å². The Morgan fingerprint density at radius 2 is 1.86 bits per heavy atom. The molecule has 1 N–H and O–H groups in total. The molecular formula is C18H20ClN3O5S. The highest BCUT2D eigenvalue weighted by Gasteiger charge is 2.20. The molecule has 0 unspecified atom stereocenters. The number of rotatable bonds is 8. The van der Waals surface area contributed by atoms with Crippen molar-refractivity contribution < 1.29 is 22.7 Å². The molecule has 1 amide bonds. The Balaban J connectivity index is 2.11. The molecule has 10 heteroatoms. The summed E-state index contributed by atoms with van der Waals surface area (Å²) in [5, 5.41) is 4.32. The molecule has 0 heterocycles. The highest BCUT2D eigenvalue weighted by molar-refractivity contribution is 7.92. The van der Waals surface area contributed by atoms with Gasteiger partial charge in [-0.05, 0) is 42.5 Å². The van der Waals surface area contributed by atoms with E-state index in [-0.39, 0.29) is 0 Å². The number of ether oxygens (including phenoxy) is 2. The molecule has 2 aromatic carbocycles. The molecule has 150 valence electrons. The van der Waals surface area contributed by atoms with Crippen molar-refractivity contribution in [1.82, 2.24) is 5.43 Å². The van der Waals surface area contributed by atoms with E-state index in [9.17, 15) is 13.2 Å². The molecule has 0 saturated heterocycles. The Hall–Kier alpha value is -2.78. The van der Waals surface area contributed by atoms with Crippen LogP contribution in [0.25, 0.3) is 0 Å². The number of carbonyl (C=O) groups excluding carboxylic acids is 1. The Bertz CT molecular complexity index is 962. The standard InChI is InChI=1S/C18H20ClN3O5S/c1-26-16-8-9-17(27-2)13(10-16)11-20-21-18(23)12-22(28(3,24)25)15-6-4-14(19)5-7-15/h4-11H,12H2,1-3H3,(H,21,23)/b20-11+. The molecule has 0 saturated carbocycles. The van der Waals surface area contributed by atoms with Gasteiger partial charge in [-0.3, -0.25) is 9.10 Å². The minimum absolute atomic E-state index is 0.320. The topological polar surface area (TPSA) is 97.3 Å². The minimum atomic E-state index is -3.68. The van der Waals surface area contributed by atoms with Gasteiger partial charge in [-0.2, -0.15) is 5.10 Å². The average Bonchev–Trinajstić information content (AvgIpc) is 2.66. The van der Waals surface area contributed by atoms with Gasteiger partial charge < -0.3 is 9.47 Å². The van der Waals surface area contributed by atoms with Crippen LogP contribution in [0, 0.1) is 0 Å². The molecule has 0 aliphatic heterocycles. The van der Waals surface area contributed by atoms with E-state index in [1.807, 2.05) is 0 Å². The summed E-state index contributed by atoms with van der Waals surface area (Å²) < 4.78 is 35.4. The normalized spacial score (nSPS) is 11.3. The summed E-state index contributed by atoms with van der Waals surface area (Å²) in [6, 6.07) is 11.2. The zero-order valence-corrected chi connectivity index (χ0v) is 17.1. The Labute approximate surface area is 168 Å². The lowest BCUT2D eigenvalue weighted by Gasteiger charge is -2.21. The third-order valence-electron chi connectivity index (χ3n) is 3.63. The van der Waals surface area contributed by atoms with Gasteiger partial charge in [-0.1, -0.05) is 11.6 Å². The Kier molecular flexibility index (Phi) is 7.24. The van der Waals surface area contributed by atoms with E-state index in [1.54, 1.807) is 30.3 Å². The number of benzene rings is 2. The zero-order valence-electron chi connectivity index (χ0n) is 15.5. The number of hydrazone groups is 1. The van der Waals surface area contributed by atoms with Crippen LogP contribution in [0.15, 0.2) is 47.6 Å². The van der Waals surface area contributed by atoms with E-state index in [2.05, 4.69) is 10.5 Å². The fraction of sp³-hybridized carbons (Fsp3) is 0.222. The van der Waals surface area contributed by atoms with E-state index in [1.165, 1.54) is 32.6 Å². The fourth-order valence-electron chi connectivity index (χ4n) is 2.29. The van der Waals surface area contributed by atoms with Crippen molar-refractivity contribution in [3.8, 4) is 11.5 Å². The van der Waals surface area contributed by atoms with Gasteiger partial charge in [0, 0.05) is 10.6 Å². The number of methoxy groups -OCH3 is 2. The van der Waals surface area contributed by atoms with Crippen molar-refractivity contribution in [2.75, 3.05) is 31.3 Å². The van der Waals surface area contributed by atoms with E-state index >= 15 is 0 Å². The maximum Gasteiger partial charge on any atom is 0.260 e. The van der Waals surface area contributed by atoms with Crippen LogP contribution < -0.4 is 19.2 Å². The van der Waals surface area contributed by atoms with Crippen LogP contribution in [0.5, 0.6) is 11.5 Å². The third-order valence-corrected chi connectivity index (χ3v) is 5.02. The molecule has 0 spiro atoms. The molecule has 0 fully saturated rings. The quantitative estimate of drug-likeness (QED) is 0.517. The summed E-state index contributed by atoms with van der Waals surface area (Å²) in [5.74, 6) is 0.524. The molecule has 0 bridgehead atoms. The molecule has 2 rings (SSSR count). The van der Waals surface area contributed by atoms with Crippen molar-refractivity contribution >= 4 is 39.4 Å². The van der Waals surface area contributed by atoms with Crippen LogP contribution in [0.2, 0.25) is 5.02 Å². The van der Waals surface area contributed by atoms with Crippen LogP contribution in [0.4, 0.5) is 5.69 Å². The van der Waals surface area contributed by atoms with Crippen molar-refractivity contribution in [2.45, 2.75) is 0 Å². The largest absolute Gasteiger partial charge is 0.497 e. The summed E-state index contributed by atoms with van der Waals surface area (Å²) in [7, 11) is -0.645. The van der Waals surface area contributed by atoms with Crippen LogP contribution >= 0.6 is 11.6 Å². The predicted octanol–water partition coefficient (Wildman–Crippen LogP) is 2.27. The number of sulfonamides is 1. The van der Waals surface area contributed by atoms with Crippen LogP contribution in [-0.2, 0) is 14.8 Å². The SMILES string of the molecule is COc1ccc(OC)c(/C=N/NC(=O)CN(c2ccc(Cl)cc2)S(C)(=O)=O)c1. The summed E-state index contributed by atoms with van der Waals surface area (Å²) in [6.07, 6.45) is 2.39. The smallest absolute Gasteiger partial charge is 0.260 e. The highest BCUT2D eigenvalue weighted by Crippen LogP contribution is 2.22. The van der Waals surface area contributed by atoms with Crippen molar-refractivity contribution in [3.63, 3.8) is 0 Å². The lowest BCUT2D eigenvalue weighted by atomic mass is 10.2. The monoisotopic (exact) mass is 425 g/mol. The number of amides is 1. The molecule has 8 nitrogen and oxygen atoms in total. The number of anilines is 1. The van der Waals surface area contributed by atoms with Crippen LogP contribution in [-0.4, -0.2) is 47.6 Å². The summed E-state index contributed by atoms with van der Waals surface area (Å²) >= 11 is 5.82. The van der Waals surface area contributed by atoms with Crippen molar-refractivity contribution in [3.05, 3.63) is 53.1 Å². The Morgan fingerprint density at radius 3 is 2.43 bits per heavy atom. The first-order valence-electron chi connectivity index (χ1n) is 8.02. The average molecular weight is 426 g/mol.